The lowest BCUT2D eigenvalue weighted by Gasteiger charge is -2.12. The molecule has 10 heteroatoms. The number of nitro benzene ring substituents is 1. The first-order valence-corrected chi connectivity index (χ1v) is 8.14. The second-order valence-electron chi connectivity index (χ2n) is 5.06. The van der Waals surface area contributed by atoms with Gasteiger partial charge in [0, 0.05) is 10.5 Å². The van der Waals surface area contributed by atoms with Crippen molar-refractivity contribution in [3.05, 3.63) is 69.7 Å². The van der Waals surface area contributed by atoms with Gasteiger partial charge in [-0.2, -0.15) is 5.10 Å². The van der Waals surface area contributed by atoms with E-state index in [4.69, 9.17) is 4.74 Å². The highest BCUT2D eigenvalue weighted by Crippen LogP contribution is 2.26. The number of carbonyl (C=O) groups excluding carboxylic acids is 1. The Kier molecular flexibility index (Phi) is 5.23. The number of aromatic nitrogens is 3. The maximum atomic E-state index is 12.2. The van der Waals surface area contributed by atoms with Gasteiger partial charge in [0.2, 0.25) is 0 Å². The molecule has 0 fully saturated rings. The number of anilines is 1. The van der Waals surface area contributed by atoms with Crippen molar-refractivity contribution in [3.8, 4) is 11.4 Å². The second-order valence-corrected chi connectivity index (χ2v) is 5.98. The van der Waals surface area contributed by atoms with Crippen LogP contribution in [0.3, 0.4) is 0 Å². The van der Waals surface area contributed by atoms with Gasteiger partial charge in [-0.25, -0.2) is 9.67 Å². The zero-order chi connectivity index (χ0) is 18.5. The van der Waals surface area contributed by atoms with Crippen LogP contribution < -0.4 is 10.1 Å². The Balaban J connectivity index is 1.73. The molecule has 0 spiro atoms. The third-order valence-corrected chi connectivity index (χ3v) is 3.81. The Morgan fingerprint density at radius 1 is 1.31 bits per heavy atom. The molecule has 1 aromatic heterocycles. The van der Waals surface area contributed by atoms with Gasteiger partial charge in [-0.3, -0.25) is 14.9 Å². The SMILES string of the molecule is O=C(COc1ccccc1[N+](=O)[O-])Nc1cc(Br)ccc1-n1cncn1. The number of ether oxygens (including phenoxy) is 1. The van der Waals surface area contributed by atoms with Crippen LogP contribution in [0.5, 0.6) is 5.75 Å². The molecule has 0 saturated carbocycles. The van der Waals surface area contributed by atoms with Crippen molar-refractivity contribution in [2.75, 3.05) is 11.9 Å². The summed E-state index contributed by atoms with van der Waals surface area (Å²) in [5.41, 5.74) is 0.900. The highest BCUT2D eigenvalue weighted by molar-refractivity contribution is 9.10. The highest BCUT2D eigenvalue weighted by atomic mass is 79.9. The van der Waals surface area contributed by atoms with E-state index in [0.717, 1.165) is 4.47 Å². The molecule has 2 aromatic carbocycles. The molecule has 0 atom stereocenters. The Bertz CT molecular complexity index is 946. The van der Waals surface area contributed by atoms with Crippen molar-refractivity contribution in [2.45, 2.75) is 0 Å². The molecule has 1 N–H and O–H groups in total. The number of hydrogen-bond acceptors (Lipinski definition) is 6. The smallest absolute Gasteiger partial charge is 0.310 e. The van der Waals surface area contributed by atoms with Gasteiger partial charge in [-0.05, 0) is 24.3 Å². The van der Waals surface area contributed by atoms with Crippen molar-refractivity contribution in [1.82, 2.24) is 14.8 Å². The van der Waals surface area contributed by atoms with Gasteiger partial charge in [0.05, 0.1) is 16.3 Å². The predicted molar refractivity (Wildman–Crippen MR) is 96.3 cm³/mol. The molecule has 0 aliphatic rings. The number of amides is 1. The molecule has 3 rings (SSSR count). The van der Waals surface area contributed by atoms with Crippen molar-refractivity contribution in [3.63, 3.8) is 0 Å². The summed E-state index contributed by atoms with van der Waals surface area (Å²) in [6.45, 7) is -0.381. The lowest BCUT2D eigenvalue weighted by atomic mass is 10.2. The first-order chi connectivity index (χ1) is 12.5. The molecule has 1 heterocycles. The van der Waals surface area contributed by atoms with Gasteiger partial charge in [0.25, 0.3) is 5.91 Å². The van der Waals surface area contributed by atoms with E-state index in [2.05, 4.69) is 31.3 Å². The van der Waals surface area contributed by atoms with Gasteiger partial charge in [-0.1, -0.05) is 28.1 Å². The van der Waals surface area contributed by atoms with E-state index in [1.807, 2.05) is 0 Å². The summed E-state index contributed by atoms with van der Waals surface area (Å²) in [6, 6.07) is 11.1. The van der Waals surface area contributed by atoms with Crippen LogP contribution >= 0.6 is 15.9 Å². The van der Waals surface area contributed by atoms with E-state index in [0.29, 0.717) is 11.4 Å². The minimum atomic E-state index is -0.565. The third-order valence-electron chi connectivity index (χ3n) is 3.32. The van der Waals surface area contributed by atoms with Gasteiger partial charge in [0.1, 0.15) is 12.7 Å². The summed E-state index contributed by atoms with van der Waals surface area (Å²) >= 11 is 3.35. The Labute approximate surface area is 155 Å². The molecular weight excluding hydrogens is 406 g/mol. The Morgan fingerprint density at radius 2 is 2.12 bits per heavy atom. The number of nitro groups is 1. The molecule has 0 unspecified atom stereocenters. The quantitative estimate of drug-likeness (QED) is 0.487. The van der Waals surface area contributed by atoms with Crippen LogP contribution in [0, 0.1) is 10.1 Å². The molecule has 0 aliphatic heterocycles. The third kappa shape index (κ3) is 4.03. The fourth-order valence-electron chi connectivity index (χ4n) is 2.20. The van der Waals surface area contributed by atoms with E-state index >= 15 is 0 Å². The van der Waals surface area contributed by atoms with Gasteiger partial charge in [-0.15, -0.1) is 0 Å². The summed E-state index contributed by atoms with van der Waals surface area (Å²) in [4.78, 5) is 26.5. The summed E-state index contributed by atoms with van der Waals surface area (Å²) < 4.78 is 7.56. The van der Waals surface area contributed by atoms with Gasteiger partial charge in [0.15, 0.2) is 12.4 Å². The first kappa shape index (κ1) is 17.5. The van der Waals surface area contributed by atoms with Crippen LogP contribution in [0.15, 0.2) is 59.6 Å². The van der Waals surface area contributed by atoms with Gasteiger partial charge >= 0.3 is 5.69 Å². The number of nitrogens with zero attached hydrogens (tertiary/aromatic N) is 4. The number of carbonyl (C=O) groups is 1. The standard InChI is InChI=1S/C16H12BrN5O4/c17-11-5-6-13(21-10-18-9-19-21)12(7-11)20-16(23)8-26-15-4-2-1-3-14(15)22(24)25/h1-7,9-10H,8H2,(H,20,23). The lowest BCUT2D eigenvalue weighted by molar-refractivity contribution is -0.385. The fraction of sp³-hybridized carbons (Fsp3) is 0.0625. The molecule has 132 valence electrons. The Morgan fingerprint density at radius 3 is 2.85 bits per heavy atom. The van der Waals surface area contributed by atoms with E-state index in [1.54, 1.807) is 24.3 Å². The number of hydrogen-bond donors (Lipinski definition) is 1. The first-order valence-electron chi connectivity index (χ1n) is 7.35. The van der Waals surface area contributed by atoms with Crippen LogP contribution in [0.25, 0.3) is 5.69 Å². The van der Waals surface area contributed by atoms with E-state index in [-0.39, 0.29) is 18.0 Å². The van der Waals surface area contributed by atoms with Crippen LogP contribution in [-0.2, 0) is 4.79 Å². The minimum Gasteiger partial charge on any atom is -0.477 e. The average Bonchev–Trinajstić information content (AvgIpc) is 3.14. The number of benzene rings is 2. The number of rotatable bonds is 6. The molecule has 3 aromatic rings. The summed E-state index contributed by atoms with van der Waals surface area (Å²) in [7, 11) is 0. The fourth-order valence-corrected chi connectivity index (χ4v) is 2.56. The summed E-state index contributed by atoms with van der Waals surface area (Å²) in [5.74, 6) is -0.444. The van der Waals surface area contributed by atoms with Crippen LogP contribution in [0.1, 0.15) is 0 Å². The minimum absolute atomic E-state index is 0.0263. The maximum absolute atomic E-state index is 12.2. The molecule has 0 saturated heterocycles. The normalized spacial score (nSPS) is 10.3. The predicted octanol–water partition coefficient (Wildman–Crippen LogP) is 2.96. The number of nitrogens with one attached hydrogen (secondary N) is 1. The molecular formula is C16H12BrN5O4. The topological polar surface area (TPSA) is 112 Å². The highest BCUT2D eigenvalue weighted by Gasteiger charge is 2.16. The summed E-state index contributed by atoms with van der Waals surface area (Å²) in [5, 5.41) is 17.7. The monoisotopic (exact) mass is 417 g/mol. The van der Waals surface area contributed by atoms with E-state index in [1.165, 1.54) is 35.5 Å². The molecule has 0 aliphatic carbocycles. The lowest BCUT2D eigenvalue weighted by Crippen LogP contribution is -2.21. The summed E-state index contributed by atoms with van der Waals surface area (Å²) in [6.07, 6.45) is 2.88. The van der Waals surface area contributed by atoms with Crippen molar-refractivity contribution < 1.29 is 14.5 Å². The number of halogens is 1. The molecule has 1 amide bonds. The maximum Gasteiger partial charge on any atom is 0.310 e. The molecule has 0 radical (unpaired) electrons. The zero-order valence-electron chi connectivity index (χ0n) is 13.2. The number of para-hydroxylation sites is 2. The largest absolute Gasteiger partial charge is 0.477 e. The van der Waals surface area contributed by atoms with E-state index in [9.17, 15) is 14.9 Å². The van der Waals surface area contributed by atoms with E-state index < -0.39 is 10.8 Å². The van der Waals surface area contributed by atoms with Crippen molar-refractivity contribution in [1.29, 1.82) is 0 Å². The molecule has 26 heavy (non-hydrogen) atoms. The second kappa shape index (κ2) is 7.74. The van der Waals surface area contributed by atoms with Gasteiger partial charge < -0.3 is 10.1 Å². The van der Waals surface area contributed by atoms with Crippen LogP contribution in [0.2, 0.25) is 0 Å². The van der Waals surface area contributed by atoms with Crippen LogP contribution in [0.4, 0.5) is 11.4 Å². The Hall–Kier alpha value is -3.27. The molecule has 9 nitrogen and oxygen atoms in total. The average molecular weight is 418 g/mol. The molecule has 0 bridgehead atoms. The van der Waals surface area contributed by atoms with Crippen molar-refractivity contribution in [2.24, 2.45) is 0 Å². The van der Waals surface area contributed by atoms with Crippen LogP contribution in [-0.4, -0.2) is 32.2 Å². The van der Waals surface area contributed by atoms with Crippen molar-refractivity contribution >= 4 is 33.2 Å². The zero-order valence-corrected chi connectivity index (χ0v) is 14.8.